The Balaban J connectivity index is 3.02. The number of hydrogen-bond donors (Lipinski definition) is 7. The number of aromatic nitrogens is 2. The highest BCUT2D eigenvalue weighted by molar-refractivity contribution is 5.94. The fourth-order valence-corrected chi connectivity index (χ4v) is 3.29. The van der Waals surface area contributed by atoms with Crippen molar-refractivity contribution in [3.63, 3.8) is 0 Å². The van der Waals surface area contributed by atoms with E-state index in [4.69, 9.17) is 10.8 Å². The van der Waals surface area contributed by atoms with Crippen molar-refractivity contribution in [2.75, 3.05) is 0 Å². The lowest BCUT2D eigenvalue weighted by Gasteiger charge is -2.27. The predicted octanol–water partition coefficient (Wildman–Crippen LogP) is -0.615. The van der Waals surface area contributed by atoms with Gasteiger partial charge in [0.2, 0.25) is 17.7 Å². The van der Waals surface area contributed by atoms with Gasteiger partial charge in [-0.15, -0.1) is 0 Å². The molecule has 3 amide bonds. The van der Waals surface area contributed by atoms with Crippen LogP contribution in [0.3, 0.4) is 0 Å². The van der Waals surface area contributed by atoms with E-state index >= 15 is 0 Å². The van der Waals surface area contributed by atoms with Gasteiger partial charge >= 0.3 is 11.9 Å². The van der Waals surface area contributed by atoms with Crippen LogP contribution in [0.1, 0.15) is 52.7 Å². The van der Waals surface area contributed by atoms with Crippen molar-refractivity contribution in [3.8, 4) is 0 Å². The normalized spacial score (nSPS) is 14.6. The van der Waals surface area contributed by atoms with Crippen LogP contribution in [0.5, 0.6) is 0 Å². The average molecular weight is 497 g/mol. The van der Waals surface area contributed by atoms with E-state index in [9.17, 15) is 29.1 Å². The third kappa shape index (κ3) is 10.5. The molecule has 1 aromatic rings. The molecule has 0 aliphatic heterocycles. The van der Waals surface area contributed by atoms with Crippen molar-refractivity contribution in [2.24, 2.45) is 17.6 Å². The minimum atomic E-state index is -1.46. The number of H-pyrrole nitrogens is 1. The predicted molar refractivity (Wildman–Crippen MR) is 125 cm³/mol. The Morgan fingerprint density at radius 1 is 0.971 bits per heavy atom. The molecule has 8 N–H and O–H groups in total. The number of carboxylic acid groups (broad SMARTS) is 2. The molecule has 0 saturated heterocycles. The zero-order chi connectivity index (χ0) is 26.7. The van der Waals surface area contributed by atoms with E-state index in [2.05, 4.69) is 25.9 Å². The molecule has 4 unspecified atom stereocenters. The van der Waals surface area contributed by atoms with Gasteiger partial charge in [0.15, 0.2) is 0 Å². The van der Waals surface area contributed by atoms with E-state index < -0.39 is 60.2 Å². The zero-order valence-electron chi connectivity index (χ0n) is 20.4. The van der Waals surface area contributed by atoms with Gasteiger partial charge in [-0.05, 0) is 24.7 Å². The molecule has 1 rings (SSSR count). The standard InChI is InChI=1S/C22H36N6O7/c1-11(2)7-14(23)19(31)28-18(12(3)4)21(33)27-16(8-13-9-24-10-25-13)20(32)26-15(22(34)35)5-6-17(29)30/h9-12,14-16,18H,5-8,23H2,1-4H3,(H,24,25)(H,26,32)(H,27,33)(H,28,31)(H,29,30)(H,34,35). The average Bonchev–Trinajstić information content (AvgIpc) is 3.25. The highest BCUT2D eigenvalue weighted by Crippen LogP contribution is 2.08. The van der Waals surface area contributed by atoms with E-state index in [1.54, 1.807) is 13.8 Å². The van der Waals surface area contributed by atoms with Crippen molar-refractivity contribution in [1.82, 2.24) is 25.9 Å². The van der Waals surface area contributed by atoms with E-state index in [-0.39, 0.29) is 24.7 Å². The Kier molecular flexibility index (Phi) is 11.9. The maximum atomic E-state index is 13.1. The van der Waals surface area contributed by atoms with Crippen molar-refractivity contribution in [3.05, 3.63) is 18.2 Å². The molecule has 196 valence electrons. The van der Waals surface area contributed by atoms with Crippen LogP contribution in [0.4, 0.5) is 0 Å². The molecule has 35 heavy (non-hydrogen) atoms. The van der Waals surface area contributed by atoms with E-state index in [1.807, 2.05) is 13.8 Å². The van der Waals surface area contributed by atoms with E-state index in [1.165, 1.54) is 12.5 Å². The summed E-state index contributed by atoms with van der Waals surface area (Å²) in [5.74, 6) is -4.76. The van der Waals surface area contributed by atoms with Crippen LogP contribution < -0.4 is 21.7 Å². The van der Waals surface area contributed by atoms with Crippen molar-refractivity contribution in [2.45, 2.75) is 77.5 Å². The smallest absolute Gasteiger partial charge is 0.326 e. The molecule has 4 atom stereocenters. The van der Waals surface area contributed by atoms with Crippen LogP contribution in [-0.2, 0) is 30.4 Å². The number of carbonyl (C=O) groups excluding carboxylic acids is 3. The van der Waals surface area contributed by atoms with Crippen molar-refractivity contribution >= 4 is 29.7 Å². The van der Waals surface area contributed by atoms with Gasteiger partial charge in [-0.25, -0.2) is 9.78 Å². The lowest BCUT2D eigenvalue weighted by Crippen LogP contribution is -2.59. The van der Waals surface area contributed by atoms with E-state index in [0.717, 1.165) is 0 Å². The second kappa shape index (κ2) is 14.0. The number of carbonyl (C=O) groups is 5. The van der Waals surface area contributed by atoms with Gasteiger partial charge in [-0.1, -0.05) is 27.7 Å². The highest BCUT2D eigenvalue weighted by Gasteiger charge is 2.32. The summed E-state index contributed by atoms with van der Waals surface area (Å²) in [4.78, 5) is 67.5. The van der Waals surface area contributed by atoms with Gasteiger partial charge < -0.3 is 36.9 Å². The summed E-state index contributed by atoms with van der Waals surface area (Å²) in [7, 11) is 0. The van der Waals surface area contributed by atoms with Crippen LogP contribution >= 0.6 is 0 Å². The number of aromatic amines is 1. The first-order chi connectivity index (χ1) is 16.3. The molecule has 0 aromatic carbocycles. The molecule has 13 nitrogen and oxygen atoms in total. The maximum absolute atomic E-state index is 13.1. The molecule has 0 fully saturated rings. The third-order valence-electron chi connectivity index (χ3n) is 5.18. The Bertz CT molecular complexity index is 872. The van der Waals surface area contributed by atoms with Crippen molar-refractivity contribution < 1.29 is 34.2 Å². The number of nitrogens with zero attached hydrogens (tertiary/aromatic N) is 1. The molecule has 0 aliphatic rings. The summed E-state index contributed by atoms with van der Waals surface area (Å²) in [5, 5.41) is 25.7. The van der Waals surface area contributed by atoms with Gasteiger partial charge in [0.1, 0.15) is 18.1 Å². The minimum Gasteiger partial charge on any atom is -0.481 e. The largest absolute Gasteiger partial charge is 0.481 e. The highest BCUT2D eigenvalue weighted by atomic mass is 16.4. The second-order valence-electron chi connectivity index (χ2n) is 9.14. The number of aliphatic carboxylic acids is 2. The van der Waals surface area contributed by atoms with E-state index in [0.29, 0.717) is 12.1 Å². The fourth-order valence-electron chi connectivity index (χ4n) is 3.29. The summed E-state index contributed by atoms with van der Waals surface area (Å²) in [5.41, 5.74) is 6.42. The molecule has 0 spiro atoms. The molecule has 0 radical (unpaired) electrons. The Labute approximate surface area is 203 Å². The number of amides is 3. The molecular formula is C22H36N6O7. The van der Waals surface area contributed by atoms with Gasteiger partial charge in [-0.3, -0.25) is 19.2 Å². The Morgan fingerprint density at radius 2 is 1.60 bits per heavy atom. The summed E-state index contributed by atoms with van der Waals surface area (Å²) in [6, 6.07) is -4.50. The van der Waals surface area contributed by atoms with Crippen LogP contribution in [0.15, 0.2) is 12.5 Å². The number of imidazole rings is 1. The quantitative estimate of drug-likeness (QED) is 0.164. The van der Waals surface area contributed by atoms with Gasteiger partial charge in [0, 0.05) is 24.7 Å². The van der Waals surface area contributed by atoms with Crippen LogP contribution in [0.2, 0.25) is 0 Å². The fraction of sp³-hybridized carbons (Fsp3) is 0.636. The number of nitrogens with two attached hydrogens (primary N) is 1. The number of hydrogen-bond acceptors (Lipinski definition) is 7. The number of nitrogens with one attached hydrogen (secondary N) is 4. The van der Waals surface area contributed by atoms with Crippen LogP contribution in [0, 0.1) is 11.8 Å². The summed E-state index contributed by atoms with van der Waals surface area (Å²) < 4.78 is 0. The van der Waals surface area contributed by atoms with Gasteiger partial charge in [0.25, 0.3) is 0 Å². The summed E-state index contributed by atoms with van der Waals surface area (Å²) in [6.45, 7) is 7.27. The monoisotopic (exact) mass is 496 g/mol. The lowest BCUT2D eigenvalue weighted by atomic mass is 9.99. The molecule has 1 heterocycles. The molecule has 1 aromatic heterocycles. The topological polar surface area (TPSA) is 217 Å². The number of carboxylic acids is 2. The SMILES string of the molecule is CC(C)CC(N)C(=O)NC(C(=O)NC(Cc1cnc[nH]1)C(=O)NC(CCC(=O)O)C(=O)O)C(C)C. The zero-order valence-corrected chi connectivity index (χ0v) is 20.4. The molecule has 0 saturated carbocycles. The first kappa shape index (κ1) is 29.6. The second-order valence-corrected chi connectivity index (χ2v) is 9.14. The maximum Gasteiger partial charge on any atom is 0.326 e. The number of rotatable bonds is 15. The van der Waals surface area contributed by atoms with Crippen LogP contribution in [0.25, 0.3) is 0 Å². The van der Waals surface area contributed by atoms with Crippen molar-refractivity contribution in [1.29, 1.82) is 0 Å². The first-order valence-corrected chi connectivity index (χ1v) is 11.4. The van der Waals surface area contributed by atoms with Gasteiger partial charge in [0.05, 0.1) is 12.4 Å². The van der Waals surface area contributed by atoms with Gasteiger partial charge in [-0.2, -0.15) is 0 Å². The Morgan fingerprint density at radius 3 is 2.09 bits per heavy atom. The summed E-state index contributed by atoms with van der Waals surface area (Å²) in [6.07, 6.45) is 2.40. The minimum absolute atomic E-state index is 0.0472. The van der Waals surface area contributed by atoms with Crippen LogP contribution in [-0.4, -0.2) is 74.0 Å². The molecule has 0 aliphatic carbocycles. The molecule has 13 heteroatoms. The molecule has 0 bridgehead atoms. The molecular weight excluding hydrogens is 460 g/mol. The lowest BCUT2D eigenvalue weighted by molar-refractivity contribution is -0.143. The third-order valence-corrected chi connectivity index (χ3v) is 5.18. The first-order valence-electron chi connectivity index (χ1n) is 11.4. The summed E-state index contributed by atoms with van der Waals surface area (Å²) >= 11 is 0. The Hall–Kier alpha value is -3.48.